The van der Waals surface area contributed by atoms with Crippen molar-refractivity contribution >= 4 is 17.2 Å². The molecule has 0 aromatic carbocycles. The summed E-state index contributed by atoms with van der Waals surface area (Å²) >= 11 is 4.84. The van der Waals surface area contributed by atoms with Gasteiger partial charge in [0.1, 0.15) is 4.99 Å². The Morgan fingerprint density at radius 1 is 1.50 bits per heavy atom. The van der Waals surface area contributed by atoms with E-state index in [2.05, 4.69) is 15.4 Å². The van der Waals surface area contributed by atoms with Crippen LogP contribution in [0.5, 0.6) is 0 Å². The number of pyridine rings is 1. The summed E-state index contributed by atoms with van der Waals surface area (Å²) in [6.45, 7) is 2.07. The molecule has 0 radical (unpaired) electrons. The first-order valence-corrected chi connectivity index (χ1v) is 5.63. The third-order valence-corrected chi connectivity index (χ3v) is 2.73. The molecule has 2 N–H and O–H groups in total. The fourth-order valence-corrected chi connectivity index (χ4v) is 1.74. The second-order valence-corrected chi connectivity index (χ2v) is 4.28. The second kappa shape index (κ2) is 4.65. The maximum atomic E-state index is 12.2. The van der Waals surface area contributed by atoms with Crippen molar-refractivity contribution in [2.75, 3.05) is 0 Å². The van der Waals surface area contributed by atoms with Gasteiger partial charge in [0.15, 0.2) is 5.82 Å². The Balaban J connectivity index is 2.47. The predicted octanol–water partition coefficient (Wildman–Crippen LogP) is -0.637. The third kappa shape index (κ3) is 2.28. The van der Waals surface area contributed by atoms with Gasteiger partial charge in [0.25, 0.3) is 5.56 Å². The van der Waals surface area contributed by atoms with Crippen LogP contribution in [0.25, 0.3) is 0 Å². The molecule has 2 aromatic heterocycles. The average molecular weight is 264 g/mol. The maximum Gasteiger partial charge on any atom is 0.261 e. The Morgan fingerprint density at radius 3 is 2.78 bits per heavy atom. The summed E-state index contributed by atoms with van der Waals surface area (Å²) in [5.41, 5.74) is 6.36. The summed E-state index contributed by atoms with van der Waals surface area (Å²) in [6, 6.07) is 3.41. The number of tetrazole rings is 1. The van der Waals surface area contributed by atoms with E-state index in [1.165, 1.54) is 9.36 Å². The van der Waals surface area contributed by atoms with Crippen LogP contribution in [-0.4, -0.2) is 29.8 Å². The van der Waals surface area contributed by atoms with Gasteiger partial charge in [0, 0.05) is 5.69 Å². The molecular weight excluding hydrogens is 252 g/mol. The molecule has 0 atom stereocenters. The number of hydrogen-bond acceptors (Lipinski definition) is 5. The predicted molar refractivity (Wildman–Crippen MR) is 69.2 cm³/mol. The van der Waals surface area contributed by atoms with Gasteiger partial charge < -0.3 is 10.3 Å². The lowest BCUT2D eigenvalue weighted by Gasteiger charge is -2.09. The SMILES string of the molecule is Cc1ccc(C(N)=S)c(=O)n1Cc1nnn(C)n1. The van der Waals surface area contributed by atoms with Crippen LogP contribution in [0, 0.1) is 6.92 Å². The zero-order valence-electron chi connectivity index (χ0n) is 9.99. The van der Waals surface area contributed by atoms with E-state index in [0.29, 0.717) is 11.4 Å². The van der Waals surface area contributed by atoms with Gasteiger partial charge in [-0.2, -0.15) is 4.80 Å². The number of aryl methyl sites for hydroxylation is 2. The molecule has 0 saturated heterocycles. The fourth-order valence-electron chi connectivity index (χ4n) is 1.58. The molecule has 8 heteroatoms. The summed E-state index contributed by atoms with van der Waals surface area (Å²) in [5.74, 6) is 0.461. The summed E-state index contributed by atoms with van der Waals surface area (Å²) in [4.78, 5) is 13.6. The van der Waals surface area contributed by atoms with Crippen molar-refractivity contribution in [3.63, 3.8) is 0 Å². The molecule has 0 amide bonds. The lowest BCUT2D eigenvalue weighted by molar-refractivity contribution is 0.622. The molecule has 94 valence electrons. The summed E-state index contributed by atoms with van der Waals surface area (Å²) in [5, 5.41) is 11.6. The standard InChI is InChI=1S/C10H12N6OS/c1-6-3-4-7(9(11)18)10(17)16(6)5-8-12-14-15(2)13-8/h3-4H,5H2,1-2H3,(H2,11,18). The van der Waals surface area contributed by atoms with E-state index < -0.39 is 0 Å². The zero-order chi connectivity index (χ0) is 13.3. The van der Waals surface area contributed by atoms with Crippen LogP contribution in [0.3, 0.4) is 0 Å². The Labute approximate surface area is 108 Å². The highest BCUT2D eigenvalue weighted by Crippen LogP contribution is 2.01. The Bertz CT molecular complexity index is 659. The van der Waals surface area contributed by atoms with Crippen LogP contribution >= 0.6 is 12.2 Å². The summed E-state index contributed by atoms with van der Waals surface area (Å²) in [7, 11) is 1.66. The van der Waals surface area contributed by atoms with Gasteiger partial charge in [0.05, 0.1) is 19.2 Å². The van der Waals surface area contributed by atoms with Crippen molar-refractivity contribution in [2.45, 2.75) is 13.5 Å². The van der Waals surface area contributed by atoms with Crippen LogP contribution < -0.4 is 11.3 Å². The van der Waals surface area contributed by atoms with E-state index in [9.17, 15) is 4.79 Å². The Hall–Kier alpha value is -2.09. The highest BCUT2D eigenvalue weighted by molar-refractivity contribution is 7.80. The first kappa shape index (κ1) is 12.4. The van der Waals surface area contributed by atoms with Gasteiger partial charge in [-0.05, 0) is 24.3 Å². The zero-order valence-corrected chi connectivity index (χ0v) is 10.8. The maximum absolute atomic E-state index is 12.2. The smallest absolute Gasteiger partial charge is 0.261 e. The number of aromatic nitrogens is 5. The Kier molecular flexibility index (Phi) is 3.19. The molecule has 0 bridgehead atoms. The minimum Gasteiger partial charge on any atom is -0.389 e. The first-order valence-electron chi connectivity index (χ1n) is 5.22. The van der Waals surface area contributed by atoms with Crippen LogP contribution in [0.2, 0.25) is 0 Å². The normalized spacial score (nSPS) is 10.6. The van der Waals surface area contributed by atoms with E-state index in [-0.39, 0.29) is 17.1 Å². The molecule has 18 heavy (non-hydrogen) atoms. The molecule has 2 heterocycles. The lowest BCUT2D eigenvalue weighted by Crippen LogP contribution is -2.30. The summed E-state index contributed by atoms with van der Waals surface area (Å²) < 4.78 is 1.52. The molecule has 0 aliphatic rings. The molecule has 0 spiro atoms. The van der Waals surface area contributed by atoms with Crippen molar-refractivity contribution < 1.29 is 0 Å². The number of thiocarbonyl (C=S) groups is 1. The van der Waals surface area contributed by atoms with E-state index in [4.69, 9.17) is 18.0 Å². The number of nitrogens with two attached hydrogens (primary N) is 1. The van der Waals surface area contributed by atoms with Gasteiger partial charge in [-0.25, -0.2) is 0 Å². The summed E-state index contributed by atoms with van der Waals surface area (Å²) in [6.07, 6.45) is 0. The van der Waals surface area contributed by atoms with Crippen molar-refractivity contribution in [1.29, 1.82) is 0 Å². The molecule has 0 aliphatic carbocycles. The highest BCUT2D eigenvalue weighted by atomic mass is 32.1. The van der Waals surface area contributed by atoms with Gasteiger partial charge in [0.2, 0.25) is 0 Å². The minimum atomic E-state index is -0.241. The van der Waals surface area contributed by atoms with Crippen LogP contribution in [0.1, 0.15) is 17.1 Å². The minimum absolute atomic E-state index is 0.0841. The molecular formula is C10H12N6OS. The highest BCUT2D eigenvalue weighted by Gasteiger charge is 2.10. The lowest BCUT2D eigenvalue weighted by atomic mass is 10.2. The van der Waals surface area contributed by atoms with Gasteiger partial charge >= 0.3 is 0 Å². The molecule has 0 aliphatic heterocycles. The van der Waals surface area contributed by atoms with Crippen molar-refractivity contribution in [3.8, 4) is 0 Å². The number of nitrogens with zero attached hydrogens (tertiary/aromatic N) is 5. The van der Waals surface area contributed by atoms with Gasteiger partial charge in [-0.15, -0.1) is 10.2 Å². The monoisotopic (exact) mass is 264 g/mol. The molecule has 0 unspecified atom stereocenters. The number of hydrogen-bond donors (Lipinski definition) is 1. The van der Waals surface area contributed by atoms with Crippen molar-refractivity contribution in [3.05, 3.63) is 39.6 Å². The van der Waals surface area contributed by atoms with Crippen molar-refractivity contribution in [2.24, 2.45) is 12.8 Å². The van der Waals surface area contributed by atoms with Crippen LogP contribution in [0.15, 0.2) is 16.9 Å². The number of rotatable bonds is 3. The molecule has 2 rings (SSSR count). The van der Waals surface area contributed by atoms with E-state index in [1.54, 1.807) is 19.2 Å². The third-order valence-electron chi connectivity index (χ3n) is 2.51. The largest absolute Gasteiger partial charge is 0.389 e. The van der Waals surface area contributed by atoms with Gasteiger partial charge in [-0.3, -0.25) is 4.79 Å². The Morgan fingerprint density at radius 2 is 2.22 bits per heavy atom. The van der Waals surface area contributed by atoms with E-state index in [1.807, 2.05) is 6.92 Å². The van der Waals surface area contributed by atoms with Crippen LogP contribution in [-0.2, 0) is 13.6 Å². The topological polar surface area (TPSA) is 91.6 Å². The van der Waals surface area contributed by atoms with Crippen LogP contribution in [0.4, 0.5) is 0 Å². The molecule has 2 aromatic rings. The molecule has 0 saturated carbocycles. The quantitative estimate of drug-likeness (QED) is 0.742. The van der Waals surface area contributed by atoms with E-state index >= 15 is 0 Å². The first-order chi connectivity index (χ1) is 8.49. The van der Waals surface area contributed by atoms with Gasteiger partial charge in [-0.1, -0.05) is 12.2 Å². The average Bonchev–Trinajstić information content (AvgIpc) is 2.69. The van der Waals surface area contributed by atoms with E-state index in [0.717, 1.165) is 5.69 Å². The fraction of sp³-hybridized carbons (Fsp3) is 0.300. The molecule has 0 fully saturated rings. The molecule has 7 nitrogen and oxygen atoms in total. The van der Waals surface area contributed by atoms with Crippen molar-refractivity contribution in [1.82, 2.24) is 24.8 Å². The second-order valence-electron chi connectivity index (χ2n) is 3.84.